The van der Waals surface area contributed by atoms with E-state index in [4.69, 9.17) is 13.6 Å². The van der Waals surface area contributed by atoms with Crippen molar-refractivity contribution in [1.29, 1.82) is 0 Å². The summed E-state index contributed by atoms with van der Waals surface area (Å²) < 4.78 is 67.2. The summed E-state index contributed by atoms with van der Waals surface area (Å²) in [6.45, 7) is 3.57. The molecular formula is C21H19NO7S2. The van der Waals surface area contributed by atoms with Gasteiger partial charge in [0.1, 0.15) is 28.2 Å². The van der Waals surface area contributed by atoms with E-state index in [-0.39, 0.29) is 4.90 Å². The maximum Gasteiger partial charge on any atom is 0.358 e. The van der Waals surface area contributed by atoms with Gasteiger partial charge in [-0.05, 0) is 48.4 Å². The van der Waals surface area contributed by atoms with Crippen LogP contribution in [-0.2, 0) is 30.3 Å². The monoisotopic (exact) mass is 461 g/mol. The van der Waals surface area contributed by atoms with Gasteiger partial charge >= 0.3 is 10.1 Å². The Hall–Kier alpha value is -2.95. The first-order valence-corrected chi connectivity index (χ1v) is 12.3. The average Bonchev–Trinajstić information content (AvgIpc) is 3.01. The molecule has 1 aliphatic rings. The SMILES string of the molecule is Cc1ccc(S(=O)(=O)O/N=C2/c3c(ccc4cc(CS(=O)(=O)O)ccc34)OC2C)cc1. The molecule has 0 radical (unpaired) electrons. The van der Waals surface area contributed by atoms with Crippen LogP contribution in [0.25, 0.3) is 10.8 Å². The molecule has 4 rings (SSSR count). The van der Waals surface area contributed by atoms with Gasteiger partial charge in [-0.15, -0.1) is 0 Å². The number of benzene rings is 3. The predicted octanol–water partition coefficient (Wildman–Crippen LogP) is 3.43. The van der Waals surface area contributed by atoms with Gasteiger partial charge in [0, 0.05) is 0 Å². The van der Waals surface area contributed by atoms with Crippen LogP contribution in [0.15, 0.2) is 64.6 Å². The highest BCUT2D eigenvalue weighted by Crippen LogP contribution is 2.36. The normalized spacial score (nSPS) is 17.5. The van der Waals surface area contributed by atoms with Gasteiger partial charge in [0.15, 0.2) is 0 Å². The van der Waals surface area contributed by atoms with E-state index in [1.54, 1.807) is 49.4 Å². The Morgan fingerprint density at radius 3 is 2.42 bits per heavy atom. The fourth-order valence-corrected chi connectivity index (χ4v) is 4.76. The molecule has 31 heavy (non-hydrogen) atoms. The van der Waals surface area contributed by atoms with Crippen LogP contribution in [0.4, 0.5) is 0 Å². The zero-order valence-electron chi connectivity index (χ0n) is 16.6. The lowest BCUT2D eigenvalue weighted by Gasteiger charge is -2.07. The Kier molecular flexibility index (Phi) is 5.24. The van der Waals surface area contributed by atoms with E-state index in [1.807, 2.05) is 6.92 Å². The second kappa shape index (κ2) is 7.63. The molecule has 1 heterocycles. The minimum atomic E-state index is -4.17. The first-order chi connectivity index (χ1) is 14.5. The van der Waals surface area contributed by atoms with E-state index in [0.717, 1.165) is 5.56 Å². The van der Waals surface area contributed by atoms with Gasteiger partial charge in [-0.3, -0.25) is 8.84 Å². The summed E-state index contributed by atoms with van der Waals surface area (Å²) in [7, 11) is -8.27. The molecule has 0 amide bonds. The van der Waals surface area contributed by atoms with Gasteiger partial charge < -0.3 is 4.74 Å². The third kappa shape index (κ3) is 4.41. The molecule has 0 bridgehead atoms. The highest BCUT2D eigenvalue weighted by Gasteiger charge is 2.31. The van der Waals surface area contributed by atoms with Crippen molar-refractivity contribution in [2.75, 3.05) is 0 Å². The van der Waals surface area contributed by atoms with Crippen molar-refractivity contribution in [1.82, 2.24) is 0 Å². The number of rotatable bonds is 5. The molecule has 0 aromatic heterocycles. The molecule has 1 aliphatic heterocycles. The second-order valence-electron chi connectivity index (χ2n) is 7.30. The molecule has 1 unspecified atom stereocenters. The minimum absolute atomic E-state index is 0.0120. The maximum atomic E-state index is 12.5. The molecule has 1 atom stereocenters. The third-order valence-electron chi connectivity index (χ3n) is 4.88. The zero-order valence-corrected chi connectivity index (χ0v) is 18.3. The largest absolute Gasteiger partial charge is 0.484 e. The number of hydrogen-bond acceptors (Lipinski definition) is 7. The topological polar surface area (TPSA) is 119 Å². The quantitative estimate of drug-likeness (QED) is 0.457. The molecule has 0 fully saturated rings. The second-order valence-corrected chi connectivity index (χ2v) is 10.3. The van der Waals surface area contributed by atoms with Crippen molar-refractivity contribution >= 4 is 36.7 Å². The van der Waals surface area contributed by atoms with Gasteiger partial charge in [-0.25, -0.2) is 0 Å². The lowest BCUT2D eigenvalue weighted by molar-refractivity contribution is 0.291. The number of aryl methyl sites for hydroxylation is 1. The molecule has 162 valence electrons. The summed E-state index contributed by atoms with van der Waals surface area (Å²) in [5.74, 6) is 0.00352. The Labute approximate surface area is 180 Å². The molecule has 10 heteroatoms. The summed E-state index contributed by atoms with van der Waals surface area (Å²) in [6.07, 6.45) is -0.550. The van der Waals surface area contributed by atoms with Crippen molar-refractivity contribution in [3.8, 4) is 5.75 Å². The molecule has 3 aromatic carbocycles. The predicted molar refractivity (Wildman–Crippen MR) is 115 cm³/mol. The van der Waals surface area contributed by atoms with E-state index in [9.17, 15) is 16.8 Å². The maximum absolute atomic E-state index is 12.5. The fourth-order valence-electron chi connectivity index (χ4n) is 3.43. The Morgan fingerprint density at radius 2 is 1.74 bits per heavy atom. The van der Waals surface area contributed by atoms with Gasteiger partial charge in [0.05, 0.1) is 5.56 Å². The summed E-state index contributed by atoms with van der Waals surface area (Å²) in [5, 5.41) is 5.29. The van der Waals surface area contributed by atoms with Crippen LogP contribution in [0.3, 0.4) is 0 Å². The Morgan fingerprint density at radius 1 is 1.03 bits per heavy atom. The van der Waals surface area contributed by atoms with E-state index < -0.39 is 32.1 Å². The third-order valence-corrected chi connectivity index (χ3v) is 6.70. The Bertz CT molecular complexity index is 1410. The van der Waals surface area contributed by atoms with E-state index in [0.29, 0.717) is 33.4 Å². The van der Waals surface area contributed by atoms with Crippen LogP contribution in [0.2, 0.25) is 0 Å². The van der Waals surface area contributed by atoms with Gasteiger partial charge in [-0.1, -0.05) is 47.1 Å². The van der Waals surface area contributed by atoms with Crippen LogP contribution in [0, 0.1) is 6.92 Å². The van der Waals surface area contributed by atoms with Crippen molar-refractivity contribution in [3.63, 3.8) is 0 Å². The smallest absolute Gasteiger partial charge is 0.358 e. The van der Waals surface area contributed by atoms with Crippen LogP contribution in [0.1, 0.15) is 23.6 Å². The number of fused-ring (bicyclic) bond motifs is 3. The van der Waals surface area contributed by atoms with Crippen LogP contribution >= 0.6 is 0 Å². The molecule has 0 saturated carbocycles. The van der Waals surface area contributed by atoms with Crippen molar-refractivity contribution in [3.05, 3.63) is 71.3 Å². The first kappa shape index (κ1) is 21.3. The van der Waals surface area contributed by atoms with Gasteiger partial charge in [-0.2, -0.15) is 16.8 Å². The summed E-state index contributed by atoms with van der Waals surface area (Å²) in [4.78, 5) is -0.0120. The summed E-state index contributed by atoms with van der Waals surface area (Å²) in [5.41, 5.74) is 2.21. The van der Waals surface area contributed by atoms with Gasteiger partial charge in [0.25, 0.3) is 10.1 Å². The minimum Gasteiger partial charge on any atom is -0.484 e. The van der Waals surface area contributed by atoms with Gasteiger partial charge in [0.2, 0.25) is 0 Å². The molecule has 3 aromatic rings. The Balaban J connectivity index is 1.73. The zero-order chi connectivity index (χ0) is 22.4. The van der Waals surface area contributed by atoms with Crippen LogP contribution in [0.5, 0.6) is 5.75 Å². The first-order valence-electron chi connectivity index (χ1n) is 9.29. The lowest BCUT2D eigenvalue weighted by atomic mass is 9.98. The number of hydrogen-bond donors (Lipinski definition) is 1. The fraction of sp³-hybridized carbons (Fsp3) is 0.190. The van der Waals surface area contributed by atoms with Crippen LogP contribution < -0.4 is 4.74 Å². The van der Waals surface area contributed by atoms with E-state index in [2.05, 4.69) is 5.16 Å². The van der Waals surface area contributed by atoms with Crippen molar-refractivity contribution in [2.45, 2.75) is 30.6 Å². The molecular weight excluding hydrogens is 442 g/mol. The molecule has 0 aliphatic carbocycles. The van der Waals surface area contributed by atoms with Crippen molar-refractivity contribution in [2.24, 2.45) is 5.16 Å². The molecule has 0 spiro atoms. The molecule has 8 nitrogen and oxygen atoms in total. The highest BCUT2D eigenvalue weighted by molar-refractivity contribution is 7.86. The highest BCUT2D eigenvalue weighted by atomic mass is 32.2. The number of oxime groups is 1. The summed E-state index contributed by atoms with van der Waals surface area (Å²) >= 11 is 0. The standard InChI is InChI=1S/C21H19NO7S2/c1-13-3-7-17(8-4-13)31(26,27)29-22-21-14(2)28-19-10-6-16-11-15(12-30(23,24)25)5-9-18(16)20(19)21/h3-11,14H,12H2,1-2H3,(H,23,24,25)/b22-21+. The van der Waals surface area contributed by atoms with E-state index >= 15 is 0 Å². The molecule has 1 N–H and O–H groups in total. The van der Waals surface area contributed by atoms with E-state index in [1.165, 1.54) is 12.1 Å². The van der Waals surface area contributed by atoms with Crippen LogP contribution in [-0.4, -0.2) is 33.2 Å². The number of ether oxygens (including phenoxy) is 1. The average molecular weight is 462 g/mol. The van der Waals surface area contributed by atoms with Crippen molar-refractivity contribution < 1.29 is 30.4 Å². The summed E-state index contributed by atoms with van der Waals surface area (Å²) in [6, 6.07) is 14.5. The molecule has 0 saturated heterocycles. The lowest BCUT2D eigenvalue weighted by Crippen LogP contribution is -2.18. The number of nitrogens with zero attached hydrogens (tertiary/aromatic N) is 1.